The molecule has 4 aromatic rings. The Labute approximate surface area is 215 Å². The van der Waals surface area contributed by atoms with Crippen LogP contribution in [0.3, 0.4) is 0 Å². The quantitative estimate of drug-likeness (QED) is 0.267. The van der Waals surface area contributed by atoms with Crippen LogP contribution in [-0.2, 0) is 19.3 Å². The highest BCUT2D eigenvalue weighted by atomic mass is 14.7. The summed E-state index contributed by atoms with van der Waals surface area (Å²) in [5.74, 6) is 2.29. The summed E-state index contributed by atoms with van der Waals surface area (Å²) in [7, 11) is 0. The van der Waals surface area contributed by atoms with Gasteiger partial charge in [-0.15, -0.1) is 0 Å². The van der Waals surface area contributed by atoms with E-state index in [-0.39, 0.29) is 7.43 Å². The lowest BCUT2D eigenvalue weighted by Crippen LogP contribution is -1.92. The third kappa shape index (κ3) is 12.0. The number of fused-ring (bicyclic) bond motifs is 1. The minimum Gasteiger partial charge on any atom is -0.365 e. The minimum absolute atomic E-state index is 0. The van der Waals surface area contributed by atoms with Gasteiger partial charge in [-0.1, -0.05) is 97.0 Å². The van der Waals surface area contributed by atoms with Crippen molar-refractivity contribution in [3.8, 4) is 0 Å². The van der Waals surface area contributed by atoms with E-state index in [2.05, 4.69) is 119 Å². The van der Waals surface area contributed by atoms with E-state index in [1.165, 1.54) is 46.1 Å². The monoisotopic (exact) mass is 474 g/mol. The highest BCUT2D eigenvalue weighted by Crippen LogP contribution is 2.20. The Hall–Kier alpha value is -2.74. The van der Waals surface area contributed by atoms with Gasteiger partial charge in [-0.05, 0) is 79.7 Å². The predicted octanol–water partition coefficient (Wildman–Crippen LogP) is 9.80. The van der Waals surface area contributed by atoms with Crippen molar-refractivity contribution >= 4 is 10.9 Å². The maximum Gasteiger partial charge on any atom is 0.0456 e. The van der Waals surface area contributed by atoms with Gasteiger partial charge in [0.2, 0.25) is 0 Å². The van der Waals surface area contributed by atoms with Crippen molar-refractivity contribution in [1.82, 2.24) is 9.97 Å². The third-order valence-electron chi connectivity index (χ3n) is 5.72. The standard InChI is InChI=1S/C12H15N.C12H18.C8H13N.CH4/c1-9(2)7-10-8-13-12-6-4-3-5-11(10)12;1-10(2)4-7-12-8-5-11(3)6-9-12;1-7(2)6-8-4-3-5-9-8;/h3-6,8-9,13H,7H2,1-2H3;5-6,8-10H,4,7H2,1-3H3;3-5,7,9H,6H2,1-2H3;1H4. The number of aryl methyl sites for hydroxylation is 2. The van der Waals surface area contributed by atoms with Crippen LogP contribution in [0.25, 0.3) is 10.9 Å². The maximum absolute atomic E-state index is 3.29. The summed E-state index contributed by atoms with van der Waals surface area (Å²) >= 11 is 0. The molecule has 35 heavy (non-hydrogen) atoms. The minimum atomic E-state index is 0. The summed E-state index contributed by atoms with van der Waals surface area (Å²) in [5, 5.41) is 1.37. The molecule has 0 saturated heterocycles. The van der Waals surface area contributed by atoms with Crippen molar-refractivity contribution in [2.45, 2.75) is 81.6 Å². The molecule has 0 aliphatic rings. The largest absolute Gasteiger partial charge is 0.365 e. The second-order valence-corrected chi connectivity index (χ2v) is 10.7. The van der Waals surface area contributed by atoms with Gasteiger partial charge in [0.05, 0.1) is 0 Å². The lowest BCUT2D eigenvalue weighted by atomic mass is 10.0. The summed E-state index contributed by atoms with van der Waals surface area (Å²) in [6.45, 7) is 15.6. The lowest BCUT2D eigenvalue weighted by Gasteiger charge is -2.04. The Bertz CT molecular complexity index is 1030. The molecule has 2 heterocycles. The molecular formula is C33H50N2. The second kappa shape index (κ2) is 16.0. The molecule has 0 aliphatic carbocycles. The number of aromatic amines is 2. The van der Waals surface area contributed by atoms with Gasteiger partial charge in [-0.3, -0.25) is 0 Å². The van der Waals surface area contributed by atoms with Crippen LogP contribution in [-0.4, -0.2) is 9.97 Å². The van der Waals surface area contributed by atoms with Gasteiger partial charge in [-0.25, -0.2) is 0 Å². The van der Waals surface area contributed by atoms with E-state index in [0.29, 0.717) is 0 Å². The normalized spacial score (nSPS) is 10.6. The number of hydrogen-bond donors (Lipinski definition) is 2. The lowest BCUT2D eigenvalue weighted by molar-refractivity contribution is 0.586. The predicted molar refractivity (Wildman–Crippen MR) is 157 cm³/mol. The first-order valence-corrected chi connectivity index (χ1v) is 13.0. The summed E-state index contributed by atoms with van der Waals surface area (Å²) in [5.41, 5.74) is 6.84. The van der Waals surface area contributed by atoms with Crippen LogP contribution in [0.15, 0.2) is 73.1 Å². The van der Waals surface area contributed by atoms with E-state index in [1.807, 2.05) is 12.3 Å². The van der Waals surface area contributed by atoms with Gasteiger partial charge >= 0.3 is 0 Å². The number of aromatic nitrogens is 2. The topological polar surface area (TPSA) is 31.6 Å². The average Bonchev–Trinajstić information content (AvgIpc) is 3.44. The molecule has 0 fully saturated rings. The fourth-order valence-electron chi connectivity index (χ4n) is 3.88. The van der Waals surface area contributed by atoms with Crippen LogP contribution in [0.4, 0.5) is 0 Å². The molecule has 4 rings (SSSR count). The molecule has 0 aliphatic heterocycles. The third-order valence-corrected chi connectivity index (χ3v) is 5.72. The molecule has 192 valence electrons. The number of benzene rings is 2. The van der Waals surface area contributed by atoms with Gasteiger partial charge in [0.25, 0.3) is 0 Å². The number of H-pyrrole nitrogens is 2. The van der Waals surface area contributed by atoms with Crippen molar-refractivity contribution in [2.75, 3.05) is 0 Å². The zero-order valence-electron chi connectivity index (χ0n) is 22.5. The summed E-state index contributed by atoms with van der Waals surface area (Å²) in [6, 6.07) is 21.5. The molecule has 2 N–H and O–H groups in total. The first-order chi connectivity index (χ1) is 16.2. The number of nitrogens with one attached hydrogen (secondary N) is 2. The van der Waals surface area contributed by atoms with Crippen molar-refractivity contribution in [2.24, 2.45) is 17.8 Å². The van der Waals surface area contributed by atoms with E-state index in [0.717, 1.165) is 30.6 Å². The number of para-hydroxylation sites is 1. The second-order valence-electron chi connectivity index (χ2n) is 10.7. The molecule has 2 heteroatoms. The highest BCUT2D eigenvalue weighted by Gasteiger charge is 2.04. The molecule has 0 unspecified atom stereocenters. The molecule has 2 nitrogen and oxygen atoms in total. The van der Waals surface area contributed by atoms with Gasteiger partial charge in [0.1, 0.15) is 0 Å². The molecule has 2 aromatic carbocycles. The number of hydrogen-bond acceptors (Lipinski definition) is 0. The number of rotatable bonds is 7. The highest BCUT2D eigenvalue weighted by molar-refractivity contribution is 5.83. The molecule has 2 aromatic heterocycles. The fourth-order valence-corrected chi connectivity index (χ4v) is 3.88. The molecular weight excluding hydrogens is 424 g/mol. The zero-order valence-corrected chi connectivity index (χ0v) is 22.5. The SMILES string of the molecule is C.CC(C)Cc1c[nH]c2ccccc12.CC(C)Cc1ccc[nH]1.Cc1ccc(CCC(C)C)cc1. The Kier molecular flexibility index (Phi) is 13.9. The molecule has 0 bridgehead atoms. The van der Waals surface area contributed by atoms with Crippen LogP contribution in [0.5, 0.6) is 0 Å². The first-order valence-electron chi connectivity index (χ1n) is 13.0. The average molecular weight is 475 g/mol. The zero-order chi connectivity index (χ0) is 24.9. The van der Waals surface area contributed by atoms with Crippen LogP contribution in [0.2, 0.25) is 0 Å². The van der Waals surface area contributed by atoms with E-state index in [1.54, 1.807) is 0 Å². The fraction of sp³-hybridized carbons (Fsp3) is 0.455. The molecule has 0 saturated carbocycles. The van der Waals surface area contributed by atoms with E-state index < -0.39 is 0 Å². The van der Waals surface area contributed by atoms with E-state index >= 15 is 0 Å². The Morgan fingerprint density at radius 2 is 1.34 bits per heavy atom. The van der Waals surface area contributed by atoms with Crippen LogP contribution in [0, 0.1) is 24.7 Å². The van der Waals surface area contributed by atoms with Crippen molar-refractivity contribution in [3.63, 3.8) is 0 Å². The molecule has 0 radical (unpaired) electrons. The van der Waals surface area contributed by atoms with E-state index in [9.17, 15) is 0 Å². The van der Waals surface area contributed by atoms with Gasteiger partial charge in [-0.2, -0.15) is 0 Å². The van der Waals surface area contributed by atoms with E-state index in [4.69, 9.17) is 0 Å². The first kappa shape index (κ1) is 30.3. The van der Waals surface area contributed by atoms with Gasteiger partial charge in [0, 0.05) is 29.0 Å². The summed E-state index contributed by atoms with van der Waals surface area (Å²) < 4.78 is 0. The summed E-state index contributed by atoms with van der Waals surface area (Å²) in [6.07, 6.45) is 8.93. The molecule has 0 atom stereocenters. The van der Waals surface area contributed by atoms with Crippen LogP contribution < -0.4 is 0 Å². The van der Waals surface area contributed by atoms with Gasteiger partial charge in [0.15, 0.2) is 0 Å². The van der Waals surface area contributed by atoms with Crippen molar-refractivity contribution < 1.29 is 0 Å². The maximum atomic E-state index is 3.29. The van der Waals surface area contributed by atoms with Gasteiger partial charge < -0.3 is 9.97 Å². The Balaban J connectivity index is 0.000000263. The van der Waals surface area contributed by atoms with Crippen molar-refractivity contribution in [1.29, 1.82) is 0 Å². The summed E-state index contributed by atoms with van der Waals surface area (Å²) in [4.78, 5) is 6.46. The van der Waals surface area contributed by atoms with Crippen LogP contribution in [0.1, 0.15) is 77.8 Å². The Morgan fingerprint density at radius 1 is 0.686 bits per heavy atom. The van der Waals surface area contributed by atoms with Crippen molar-refractivity contribution in [3.05, 3.63) is 95.4 Å². The molecule has 0 spiro atoms. The van der Waals surface area contributed by atoms with Crippen LogP contribution >= 0.6 is 0 Å². The molecule has 0 amide bonds. The Morgan fingerprint density at radius 3 is 1.91 bits per heavy atom. The smallest absolute Gasteiger partial charge is 0.0456 e.